The van der Waals surface area contributed by atoms with Crippen molar-refractivity contribution in [2.24, 2.45) is 0 Å². The zero-order valence-corrected chi connectivity index (χ0v) is 12.9. The highest BCUT2D eigenvalue weighted by Gasteiger charge is 2.33. The summed E-state index contributed by atoms with van der Waals surface area (Å²) in [5.41, 5.74) is -0.924. The molecule has 1 aliphatic rings. The number of nitrogens with zero attached hydrogens (tertiary/aromatic N) is 1. The fraction of sp³-hybridized carbons (Fsp3) is 0.538. The maximum atomic E-state index is 14.0. The molecule has 0 bridgehead atoms. The molecule has 1 fully saturated rings. The van der Waals surface area contributed by atoms with E-state index in [0.717, 1.165) is 19.2 Å². The molecule has 21 heavy (non-hydrogen) atoms. The Balaban J connectivity index is 0.00000220. The largest absolute Gasteiger partial charge is 0.416 e. The van der Waals surface area contributed by atoms with Gasteiger partial charge in [0.1, 0.15) is 5.82 Å². The molecular formula is C13H16Cl2F4N2. The summed E-state index contributed by atoms with van der Waals surface area (Å²) in [5.74, 6) is -0.773. The minimum absolute atomic E-state index is 0. The number of hydrogen-bond donors (Lipinski definition) is 1. The molecule has 1 heterocycles. The maximum Gasteiger partial charge on any atom is 0.416 e. The second-order valence-electron chi connectivity index (χ2n) is 4.82. The van der Waals surface area contributed by atoms with Gasteiger partial charge in [-0.15, -0.1) is 12.4 Å². The first-order chi connectivity index (χ1) is 9.30. The predicted octanol–water partition coefficient (Wildman–Crippen LogP) is 3.89. The number of alkyl halides is 3. The van der Waals surface area contributed by atoms with Gasteiger partial charge >= 0.3 is 6.18 Å². The smallest absolute Gasteiger partial charge is 0.314 e. The van der Waals surface area contributed by atoms with E-state index in [1.807, 2.05) is 4.90 Å². The number of rotatable bonds is 2. The lowest BCUT2D eigenvalue weighted by Crippen LogP contribution is -2.44. The SMILES string of the molecule is C[C@@H](c1cc(C(F)(F)F)cc(Cl)c1F)N1CCNCC1.Cl. The molecule has 0 amide bonds. The third-order valence-corrected chi connectivity index (χ3v) is 3.81. The maximum absolute atomic E-state index is 14.0. The fourth-order valence-corrected chi connectivity index (χ4v) is 2.57. The van der Waals surface area contributed by atoms with Crippen molar-refractivity contribution in [1.29, 1.82) is 0 Å². The van der Waals surface area contributed by atoms with Gasteiger partial charge in [-0.3, -0.25) is 4.90 Å². The summed E-state index contributed by atoms with van der Waals surface area (Å²) in [5, 5.41) is 2.65. The summed E-state index contributed by atoms with van der Waals surface area (Å²) >= 11 is 5.60. The first-order valence-electron chi connectivity index (χ1n) is 6.31. The molecule has 1 N–H and O–H groups in total. The van der Waals surface area contributed by atoms with Gasteiger partial charge in [-0.25, -0.2) is 4.39 Å². The Kier molecular flexibility index (Phi) is 6.28. The van der Waals surface area contributed by atoms with Crippen molar-refractivity contribution in [2.75, 3.05) is 26.2 Å². The van der Waals surface area contributed by atoms with Crippen LogP contribution in [0, 0.1) is 5.82 Å². The van der Waals surface area contributed by atoms with E-state index in [9.17, 15) is 17.6 Å². The van der Waals surface area contributed by atoms with Crippen molar-refractivity contribution in [1.82, 2.24) is 10.2 Å². The quantitative estimate of drug-likeness (QED) is 0.817. The number of halogens is 6. The molecule has 1 aliphatic heterocycles. The number of hydrogen-bond acceptors (Lipinski definition) is 2. The van der Waals surface area contributed by atoms with E-state index >= 15 is 0 Å². The molecule has 8 heteroatoms. The molecule has 0 aliphatic carbocycles. The van der Waals surface area contributed by atoms with E-state index in [1.165, 1.54) is 0 Å². The average Bonchev–Trinajstić information content (AvgIpc) is 2.40. The van der Waals surface area contributed by atoms with E-state index in [-0.39, 0.29) is 18.0 Å². The standard InChI is InChI=1S/C13H15ClF4N2.ClH/c1-8(20-4-2-19-3-5-20)10-6-9(13(16,17)18)7-11(14)12(10)15;/h6-8,19H,2-5H2,1H3;1H/t8-;/m0./s1. The Morgan fingerprint density at radius 3 is 2.33 bits per heavy atom. The van der Waals surface area contributed by atoms with Gasteiger partial charge in [0, 0.05) is 37.8 Å². The Bertz CT molecular complexity index is 488. The molecular weight excluding hydrogens is 331 g/mol. The molecule has 2 rings (SSSR count). The summed E-state index contributed by atoms with van der Waals surface area (Å²) in [4.78, 5) is 1.94. The Morgan fingerprint density at radius 1 is 1.24 bits per heavy atom. The van der Waals surface area contributed by atoms with Crippen molar-refractivity contribution in [3.8, 4) is 0 Å². The zero-order chi connectivity index (χ0) is 14.9. The summed E-state index contributed by atoms with van der Waals surface area (Å²) in [7, 11) is 0. The normalized spacial score (nSPS) is 18.2. The van der Waals surface area contributed by atoms with Gasteiger partial charge in [0.2, 0.25) is 0 Å². The van der Waals surface area contributed by atoms with Crippen LogP contribution in [0.25, 0.3) is 0 Å². The summed E-state index contributed by atoms with van der Waals surface area (Å²) < 4.78 is 52.4. The highest BCUT2D eigenvalue weighted by molar-refractivity contribution is 6.30. The summed E-state index contributed by atoms with van der Waals surface area (Å²) in [6.07, 6.45) is -4.53. The first kappa shape index (κ1) is 18.5. The molecule has 120 valence electrons. The minimum Gasteiger partial charge on any atom is -0.314 e. The van der Waals surface area contributed by atoms with Gasteiger partial charge in [0.25, 0.3) is 0 Å². The van der Waals surface area contributed by atoms with Crippen LogP contribution in [-0.4, -0.2) is 31.1 Å². The molecule has 0 radical (unpaired) electrons. The van der Waals surface area contributed by atoms with Gasteiger partial charge in [-0.1, -0.05) is 11.6 Å². The third-order valence-electron chi connectivity index (χ3n) is 3.53. The molecule has 0 unspecified atom stereocenters. The molecule has 1 atom stereocenters. The van der Waals surface area contributed by atoms with Gasteiger partial charge in [-0.2, -0.15) is 13.2 Å². The Morgan fingerprint density at radius 2 is 1.81 bits per heavy atom. The van der Waals surface area contributed by atoms with Crippen molar-refractivity contribution in [2.45, 2.75) is 19.1 Å². The van der Waals surface area contributed by atoms with Crippen molar-refractivity contribution in [3.05, 3.63) is 34.1 Å². The van der Waals surface area contributed by atoms with Crippen LogP contribution in [0.1, 0.15) is 24.1 Å². The van der Waals surface area contributed by atoms with Crippen LogP contribution in [-0.2, 0) is 6.18 Å². The van der Waals surface area contributed by atoms with Crippen LogP contribution in [0.4, 0.5) is 17.6 Å². The fourth-order valence-electron chi connectivity index (χ4n) is 2.34. The van der Waals surface area contributed by atoms with Gasteiger partial charge < -0.3 is 5.32 Å². The predicted molar refractivity (Wildman–Crippen MR) is 76.5 cm³/mol. The topological polar surface area (TPSA) is 15.3 Å². The highest BCUT2D eigenvalue weighted by Crippen LogP contribution is 2.36. The summed E-state index contributed by atoms with van der Waals surface area (Å²) in [6.45, 7) is 4.49. The lowest BCUT2D eigenvalue weighted by Gasteiger charge is -2.33. The second-order valence-corrected chi connectivity index (χ2v) is 5.23. The molecule has 1 saturated heterocycles. The molecule has 0 aromatic heterocycles. The summed E-state index contributed by atoms with van der Waals surface area (Å²) in [6, 6.07) is 1.04. The Labute approximate surface area is 131 Å². The van der Waals surface area contributed by atoms with E-state index < -0.39 is 28.6 Å². The average molecular weight is 347 g/mol. The lowest BCUT2D eigenvalue weighted by atomic mass is 10.0. The van der Waals surface area contributed by atoms with E-state index in [2.05, 4.69) is 5.32 Å². The third kappa shape index (κ3) is 4.22. The first-order valence-corrected chi connectivity index (χ1v) is 6.69. The Hall–Kier alpha value is -0.560. The molecule has 0 spiro atoms. The van der Waals surface area contributed by atoms with E-state index in [4.69, 9.17) is 11.6 Å². The van der Waals surface area contributed by atoms with Gasteiger partial charge in [-0.05, 0) is 19.1 Å². The van der Waals surface area contributed by atoms with Crippen molar-refractivity contribution in [3.63, 3.8) is 0 Å². The van der Waals surface area contributed by atoms with Gasteiger partial charge in [0.05, 0.1) is 10.6 Å². The van der Waals surface area contributed by atoms with Crippen LogP contribution >= 0.6 is 24.0 Å². The lowest BCUT2D eigenvalue weighted by molar-refractivity contribution is -0.137. The van der Waals surface area contributed by atoms with Crippen LogP contribution in [0.3, 0.4) is 0 Å². The number of piperazine rings is 1. The minimum atomic E-state index is -4.53. The van der Waals surface area contributed by atoms with Crippen LogP contribution in [0.5, 0.6) is 0 Å². The van der Waals surface area contributed by atoms with E-state index in [1.54, 1.807) is 6.92 Å². The molecule has 2 nitrogen and oxygen atoms in total. The highest BCUT2D eigenvalue weighted by atomic mass is 35.5. The van der Waals surface area contributed by atoms with Crippen LogP contribution in [0.15, 0.2) is 12.1 Å². The molecule has 1 aromatic rings. The number of benzene rings is 1. The molecule has 0 saturated carbocycles. The zero-order valence-electron chi connectivity index (χ0n) is 11.3. The second kappa shape index (κ2) is 7.13. The van der Waals surface area contributed by atoms with Crippen LogP contribution in [0.2, 0.25) is 5.02 Å². The van der Waals surface area contributed by atoms with E-state index in [0.29, 0.717) is 19.2 Å². The van der Waals surface area contributed by atoms with Crippen molar-refractivity contribution >= 4 is 24.0 Å². The number of nitrogens with one attached hydrogen (secondary N) is 1. The molecule has 1 aromatic carbocycles. The van der Waals surface area contributed by atoms with Crippen molar-refractivity contribution < 1.29 is 17.6 Å². The van der Waals surface area contributed by atoms with Crippen LogP contribution < -0.4 is 5.32 Å². The monoisotopic (exact) mass is 346 g/mol. The van der Waals surface area contributed by atoms with Gasteiger partial charge in [0.15, 0.2) is 0 Å².